The minimum Gasteiger partial charge on any atom is -0.495 e. The van der Waals surface area contributed by atoms with Gasteiger partial charge in [-0.15, -0.1) is 0 Å². The highest BCUT2D eigenvalue weighted by Crippen LogP contribution is 2.40. The lowest BCUT2D eigenvalue weighted by molar-refractivity contribution is 0.0983. The van der Waals surface area contributed by atoms with E-state index in [-0.39, 0.29) is 17.3 Å². The lowest BCUT2D eigenvalue weighted by atomic mass is 10.2. The molecule has 38 heavy (non-hydrogen) atoms. The van der Waals surface area contributed by atoms with Crippen LogP contribution >= 0.6 is 11.3 Å². The van der Waals surface area contributed by atoms with Crippen LogP contribution in [0, 0.1) is 0 Å². The zero-order valence-electron chi connectivity index (χ0n) is 21.3. The maximum absolute atomic E-state index is 13.8. The van der Waals surface area contributed by atoms with Crippen molar-refractivity contribution in [2.45, 2.75) is 37.1 Å². The molecule has 1 saturated heterocycles. The second kappa shape index (κ2) is 11.1. The molecule has 200 valence electrons. The van der Waals surface area contributed by atoms with Crippen LogP contribution in [0.5, 0.6) is 11.5 Å². The molecule has 1 fully saturated rings. The molecule has 5 rings (SSSR count). The predicted molar refractivity (Wildman–Crippen MR) is 146 cm³/mol. The van der Waals surface area contributed by atoms with E-state index in [1.54, 1.807) is 61.2 Å². The highest BCUT2D eigenvalue weighted by atomic mass is 32.2. The maximum Gasteiger partial charge on any atom is 0.260 e. The van der Waals surface area contributed by atoms with Gasteiger partial charge in [-0.2, -0.15) is 4.31 Å². The fourth-order valence-electron chi connectivity index (χ4n) is 4.53. The zero-order valence-corrected chi connectivity index (χ0v) is 22.9. The van der Waals surface area contributed by atoms with Crippen molar-refractivity contribution in [2.75, 3.05) is 32.2 Å². The van der Waals surface area contributed by atoms with Crippen LogP contribution in [0.2, 0.25) is 0 Å². The number of hydrogen-bond acceptors (Lipinski definition) is 8. The molecule has 0 aliphatic carbocycles. The van der Waals surface area contributed by atoms with Crippen LogP contribution in [-0.2, 0) is 16.6 Å². The van der Waals surface area contributed by atoms with E-state index in [1.807, 2.05) is 0 Å². The first kappa shape index (κ1) is 26.2. The van der Waals surface area contributed by atoms with Crippen LogP contribution in [0.25, 0.3) is 10.2 Å². The number of carbonyl (C=O) groups excluding carboxylic acids is 1. The number of benzene rings is 2. The van der Waals surface area contributed by atoms with Crippen molar-refractivity contribution in [3.63, 3.8) is 0 Å². The van der Waals surface area contributed by atoms with Gasteiger partial charge in [-0.3, -0.25) is 9.69 Å². The zero-order chi connectivity index (χ0) is 26.7. The minimum atomic E-state index is -3.62. The van der Waals surface area contributed by atoms with Crippen molar-refractivity contribution in [2.24, 2.45) is 0 Å². The summed E-state index contributed by atoms with van der Waals surface area (Å²) >= 11 is 1.30. The molecular weight excluding hydrogens is 526 g/mol. The molecular formula is C27H29N3O6S2. The normalized spacial score (nSPS) is 14.8. The number of amides is 1. The van der Waals surface area contributed by atoms with E-state index < -0.39 is 10.0 Å². The number of fused-ring (bicyclic) bond motifs is 1. The third kappa shape index (κ3) is 5.13. The number of furan rings is 1. The number of methoxy groups -OCH3 is 2. The van der Waals surface area contributed by atoms with Gasteiger partial charge in [0.05, 0.1) is 31.9 Å². The van der Waals surface area contributed by atoms with Crippen LogP contribution in [0.1, 0.15) is 41.8 Å². The minimum absolute atomic E-state index is 0.143. The number of rotatable bonds is 8. The number of carbonyl (C=O) groups is 1. The molecule has 4 aromatic rings. The van der Waals surface area contributed by atoms with Gasteiger partial charge < -0.3 is 13.9 Å². The lowest BCUT2D eigenvalue weighted by Gasteiger charge is -2.21. The van der Waals surface area contributed by atoms with Gasteiger partial charge in [0.2, 0.25) is 10.0 Å². The molecule has 9 nitrogen and oxygen atoms in total. The van der Waals surface area contributed by atoms with E-state index in [0.29, 0.717) is 46.6 Å². The van der Waals surface area contributed by atoms with Crippen molar-refractivity contribution >= 4 is 42.6 Å². The summed E-state index contributed by atoms with van der Waals surface area (Å²) in [5.74, 6) is 1.43. The fraction of sp³-hybridized carbons (Fsp3) is 0.333. The number of hydrogen-bond donors (Lipinski definition) is 0. The Balaban J connectivity index is 1.49. The number of sulfonamides is 1. The molecule has 0 unspecified atom stereocenters. The van der Waals surface area contributed by atoms with Crippen LogP contribution in [0.15, 0.2) is 64.1 Å². The van der Waals surface area contributed by atoms with Gasteiger partial charge >= 0.3 is 0 Å². The van der Waals surface area contributed by atoms with E-state index in [2.05, 4.69) is 0 Å². The van der Waals surface area contributed by atoms with Gasteiger partial charge in [0.1, 0.15) is 27.5 Å². The summed E-state index contributed by atoms with van der Waals surface area (Å²) in [6.07, 6.45) is 5.33. The van der Waals surface area contributed by atoms with Crippen molar-refractivity contribution in [3.8, 4) is 11.5 Å². The number of nitrogens with zero attached hydrogens (tertiary/aromatic N) is 3. The van der Waals surface area contributed by atoms with E-state index in [0.717, 1.165) is 30.4 Å². The SMILES string of the molecule is COc1ccc(OC)c2sc(N(Cc3ccco3)C(=O)c3ccc(S(=O)(=O)N4CCCCCC4)cc3)nc12. The Labute approximate surface area is 225 Å². The molecule has 11 heteroatoms. The number of aromatic nitrogens is 1. The summed E-state index contributed by atoms with van der Waals surface area (Å²) in [7, 11) is -0.479. The number of thiazole rings is 1. The average Bonchev–Trinajstić information content (AvgIpc) is 3.53. The Morgan fingerprint density at radius 3 is 2.32 bits per heavy atom. The highest BCUT2D eigenvalue weighted by molar-refractivity contribution is 7.89. The molecule has 0 atom stereocenters. The highest BCUT2D eigenvalue weighted by Gasteiger charge is 2.28. The van der Waals surface area contributed by atoms with Gasteiger partial charge in [-0.25, -0.2) is 13.4 Å². The molecule has 2 aromatic carbocycles. The van der Waals surface area contributed by atoms with E-state index in [9.17, 15) is 13.2 Å². The molecule has 2 aromatic heterocycles. The van der Waals surface area contributed by atoms with Gasteiger partial charge in [0, 0.05) is 18.7 Å². The lowest BCUT2D eigenvalue weighted by Crippen LogP contribution is -2.32. The number of ether oxygens (including phenoxy) is 2. The topological polar surface area (TPSA) is 102 Å². The summed E-state index contributed by atoms with van der Waals surface area (Å²) in [6, 6.07) is 13.2. The Bertz CT molecular complexity index is 1470. The molecule has 0 spiro atoms. The summed E-state index contributed by atoms with van der Waals surface area (Å²) < 4.78 is 45.2. The molecule has 0 N–H and O–H groups in total. The third-order valence-corrected chi connectivity index (χ3v) is 9.58. The van der Waals surface area contributed by atoms with E-state index >= 15 is 0 Å². The van der Waals surface area contributed by atoms with Crippen molar-refractivity contribution < 1.29 is 27.1 Å². The Kier molecular flexibility index (Phi) is 7.68. The standard InChI is InChI=1S/C27H29N3O6S2/c1-34-22-13-14-23(35-2)25-24(22)28-27(37-25)30(18-20-8-7-17-36-20)26(31)19-9-11-21(12-10-19)38(32,33)29-15-5-3-4-6-16-29/h7-14,17H,3-6,15-16,18H2,1-2H3. The van der Waals surface area contributed by atoms with Gasteiger partial charge in [0.25, 0.3) is 5.91 Å². The predicted octanol–water partition coefficient (Wildman–Crippen LogP) is 5.32. The molecule has 0 saturated carbocycles. The molecule has 1 amide bonds. The summed E-state index contributed by atoms with van der Waals surface area (Å²) in [4.78, 5) is 20.2. The summed E-state index contributed by atoms with van der Waals surface area (Å²) in [6.45, 7) is 1.18. The Morgan fingerprint density at radius 2 is 1.68 bits per heavy atom. The molecule has 0 bridgehead atoms. The fourth-order valence-corrected chi connectivity index (χ4v) is 7.12. The van der Waals surface area contributed by atoms with Crippen LogP contribution < -0.4 is 14.4 Å². The monoisotopic (exact) mass is 555 g/mol. The van der Waals surface area contributed by atoms with Gasteiger partial charge in [-0.1, -0.05) is 24.2 Å². The quantitative estimate of drug-likeness (QED) is 0.290. The van der Waals surface area contributed by atoms with Gasteiger partial charge in [-0.05, 0) is 61.4 Å². The summed E-state index contributed by atoms with van der Waals surface area (Å²) in [5, 5.41) is 0.436. The van der Waals surface area contributed by atoms with Crippen molar-refractivity contribution in [3.05, 3.63) is 66.1 Å². The summed E-state index contributed by atoms with van der Waals surface area (Å²) in [5.41, 5.74) is 0.924. The first-order valence-electron chi connectivity index (χ1n) is 12.4. The van der Waals surface area contributed by atoms with E-state index in [1.165, 1.54) is 28.4 Å². The maximum atomic E-state index is 13.8. The first-order chi connectivity index (χ1) is 18.4. The second-order valence-corrected chi connectivity index (χ2v) is 11.9. The average molecular weight is 556 g/mol. The number of anilines is 1. The molecule has 3 heterocycles. The van der Waals surface area contributed by atoms with Crippen LogP contribution in [-0.4, -0.2) is 50.9 Å². The van der Waals surface area contributed by atoms with Gasteiger partial charge in [0.15, 0.2) is 5.13 Å². The first-order valence-corrected chi connectivity index (χ1v) is 14.6. The Hall–Kier alpha value is -3.41. The molecule has 1 aliphatic heterocycles. The largest absolute Gasteiger partial charge is 0.495 e. The molecule has 0 radical (unpaired) electrons. The smallest absolute Gasteiger partial charge is 0.260 e. The van der Waals surface area contributed by atoms with Crippen LogP contribution in [0.3, 0.4) is 0 Å². The Morgan fingerprint density at radius 1 is 1.00 bits per heavy atom. The third-order valence-electron chi connectivity index (χ3n) is 6.57. The van der Waals surface area contributed by atoms with Crippen molar-refractivity contribution in [1.82, 2.24) is 9.29 Å². The molecule has 1 aliphatic rings. The van der Waals surface area contributed by atoms with Crippen LogP contribution in [0.4, 0.5) is 5.13 Å². The second-order valence-electron chi connectivity index (χ2n) is 8.96. The van der Waals surface area contributed by atoms with E-state index in [4.69, 9.17) is 18.9 Å². The van der Waals surface area contributed by atoms with Crippen molar-refractivity contribution in [1.29, 1.82) is 0 Å².